The molecule has 0 amide bonds. The van der Waals surface area contributed by atoms with Crippen molar-refractivity contribution in [2.24, 2.45) is 10.8 Å². The van der Waals surface area contributed by atoms with Crippen molar-refractivity contribution in [3.05, 3.63) is 147 Å². The summed E-state index contributed by atoms with van der Waals surface area (Å²) < 4.78 is 11.2. The SMILES string of the molecule is Cl.Cl.[CH2]=[Zr]([C]1=CC=CC1)([C]1=C(C(C)(C)C)c2cc3c(cc2C1(C)C)Cc1cc2c(cc1-3)C(C(C)(C)C)=CC2(C)C)([c]1cccc(Cl)c1)[c]1cccc(Cl)c1. The van der Waals surface area contributed by atoms with Gasteiger partial charge in [-0.1, -0.05) is 0 Å². The van der Waals surface area contributed by atoms with Gasteiger partial charge in [-0.05, 0) is 0 Å². The molecule has 0 heterocycles. The van der Waals surface area contributed by atoms with Crippen LogP contribution in [0.25, 0.3) is 22.3 Å². The van der Waals surface area contributed by atoms with Crippen molar-refractivity contribution in [3.8, 4) is 11.1 Å². The molecule has 8 rings (SSSR count). The fraction of sp³-hybridized carbons (Fsp3) is 0.327. The summed E-state index contributed by atoms with van der Waals surface area (Å²) in [6, 6.07) is 27.6. The van der Waals surface area contributed by atoms with Crippen molar-refractivity contribution in [2.75, 3.05) is 0 Å². The fourth-order valence-corrected chi connectivity index (χ4v) is 29.9. The van der Waals surface area contributed by atoms with Gasteiger partial charge in [0.05, 0.1) is 0 Å². The van der Waals surface area contributed by atoms with Crippen LogP contribution in [-0.2, 0) is 35.5 Å². The molecule has 4 aromatic carbocycles. The molecule has 0 aromatic heterocycles. The Morgan fingerprint density at radius 2 is 1.20 bits per heavy atom. The number of benzene rings is 4. The molecular weight excluding hydrogens is 822 g/mol. The van der Waals surface area contributed by atoms with E-state index in [1.807, 2.05) is 12.1 Å². The first-order valence-electron chi connectivity index (χ1n) is 18.9. The van der Waals surface area contributed by atoms with Gasteiger partial charge in [-0.2, -0.15) is 0 Å². The average Bonchev–Trinajstić information content (AvgIpc) is 3.82. The van der Waals surface area contributed by atoms with E-state index in [0.29, 0.717) is 0 Å². The molecule has 0 aliphatic heterocycles. The number of halogens is 4. The zero-order chi connectivity index (χ0) is 37.4. The summed E-state index contributed by atoms with van der Waals surface area (Å²) in [4.78, 5) is 0. The van der Waals surface area contributed by atoms with Crippen LogP contribution in [0.3, 0.4) is 0 Å². The van der Waals surface area contributed by atoms with Crippen molar-refractivity contribution in [2.45, 2.75) is 92.9 Å². The van der Waals surface area contributed by atoms with Crippen LogP contribution in [-0.4, -0.2) is 4.21 Å². The molecule has 0 radical (unpaired) electrons. The monoisotopic (exact) mass is 872 g/mol. The van der Waals surface area contributed by atoms with Gasteiger partial charge in [-0.15, -0.1) is 24.8 Å². The van der Waals surface area contributed by atoms with Crippen molar-refractivity contribution in [3.63, 3.8) is 0 Å². The van der Waals surface area contributed by atoms with Crippen molar-refractivity contribution in [1.82, 2.24) is 0 Å². The first-order chi connectivity index (χ1) is 24.2. The zero-order valence-electron chi connectivity index (χ0n) is 33.4. The van der Waals surface area contributed by atoms with Crippen LogP contribution >= 0.6 is 48.0 Å². The normalized spacial score (nSPS) is 17.9. The second kappa shape index (κ2) is 13.1. The van der Waals surface area contributed by atoms with E-state index >= 15 is 0 Å². The molecular formula is C49H54Cl4Zr. The molecule has 4 aliphatic rings. The third kappa shape index (κ3) is 5.72. The maximum absolute atomic E-state index is 6.97. The summed E-state index contributed by atoms with van der Waals surface area (Å²) in [6.07, 6.45) is 11.3. The summed E-state index contributed by atoms with van der Waals surface area (Å²) in [5.74, 6) is 0. The van der Waals surface area contributed by atoms with E-state index < -0.39 is 18.3 Å². The molecule has 5 heteroatoms. The Labute approximate surface area is 347 Å². The van der Waals surface area contributed by atoms with Gasteiger partial charge in [0, 0.05) is 0 Å². The number of fused-ring (bicyclic) bond motifs is 5. The molecule has 282 valence electrons. The van der Waals surface area contributed by atoms with Crippen LogP contribution in [0.15, 0.2) is 104 Å². The van der Waals surface area contributed by atoms with E-state index in [2.05, 4.69) is 154 Å². The number of hydrogen-bond donors (Lipinski definition) is 0. The Balaban J connectivity index is 0.00000249. The summed E-state index contributed by atoms with van der Waals surface area (Å²) in [5.41, 5.74) is 13.9. The summed E-state index contributed by atoms with van der Waals surface area (Å²) in [6.45, 7) is 24.0. The van der Waals surface area contributed by atoms with Gasteiger partial charge in [-0.25, -0.2) is 0 Å². The summed E-state index contributed by atoms with van der Waals surface area (Å²) in [5, 5.41) is 1.49. The Kier molecular flexibility index (Phi) is 10.1. The Morgan fingerprint density at radius 3 is 1.69 bits per heavy atom. The van der Waals surface area contributed by atoms with E-state index in [-0.39, 0.29) is 46.5 Å². The molecule has 0 unspecified atom stereocenters. The number of hydrogen-bond acceptors (Lipinski definition) is 0. The Morgan fingerprint density at radius 1 is 0.667 bits per heavy atom. The van der Waals surface area contributed by atoms with Gasteiger partial charge in [0.1, 0.15) is 0 Å². The first-order valence-corrected chi connectivity index (χ1v) is 26.3. The second-order valence-corrected chi connectivity index (χ2v) is 32.9. The van der Waals surface area contributed by atoms with Gasteiger partial charge in [0.25, 0.3) is 0 Å². The predicted molar refractivity (Wildman–Crippen MR) is 240 cm³/mol. The molecule has 4 aliphatic carbocycles. The summed E-state index contributed by atoms with van der Waals surface area (Å²) in [7, 11) is 0. The number of rotatable bonds is 4. The van der Waals surface area contributed by atoms with Crippen molar-refractivity contribution in [1.29, 1.82) is 0 Å². The molecule has 0 saturated heterocycles. The Bertz CT molecular complexity index is 2400. The van der Waals surface area contributed by atoms with Crippen LogP contribution in [0.1, 0.15) is 109 Å². The fourth-order valence-electron chi connectivity index (χ4n) is 10.7. The minimum atomic E-state index is -5.10. The van der Waals surface area contributed by atoms with Crippen LogP contribution in [0.5, 0.6) is 0 Å². The molecule has 0 saturated carbocycles. The molecule has 4 aromatic rings. The standard InChI is InChI=1S/C31H37.2C6H4Cl.C5H5.CH2.2ClH.Zr/c1-28(2,3)26-16-30(7,8)24-12-18-11-19-13-25-23(15-21(19)20(18)14-22(24)26)27(29(4,5)6)17-31(25,9)10;2*7-6-4-2-1-3-5-6;1-2-4-5-3-1;;;;/h12-16H,11H2,1-10H3;2*1-2,4-5H;1-3H,4H2;1H2;2*1H;. The van der Waals surface area contributed by atoms with Gasteiger partial charge in [0.2, 0.25) is 0 Å². The first kappa shape index (κ1) is 41.4. The van der Waals surface area contributed by atoms with E-state index in [9.17, 15) is 0 Å². The van der Waals surface area contributed by atoms with E-state index in [4.69, 9.17) is 27.4 Å². The van der Waals surface area contributed by atoms with E-state index in [1.165, 1.54) is 68.8 Å². The molecule has 0 bridgehead atoms. The van der Waals surface area contributed by atoms with Gasteiger partial charge < -0.3 is 0 Å². The average molecular weight is 876 g/mol. The van der Waals surface area contributed by atoms with E-state index in [0.717, 1.165) is 22.9 Å². The van der Waals surface area contributed by atoms with Crippen LogP contribution < -0.4 is 6.54 Å². The predicted octanol–water partition coefficient (Wildman–Crippen LogP) is 13.8. The van der Waals surface area contributed by atoms with Crippen LogP contribution in [0.4, 0.5) is 0 Å². The van der Waals surface area contributed by atoms with Crippen LogP contribution in [0.2, 0.25) is 10.0 Å². The molecule has 0 N–H and O–H groups in total. The quantitative estimate of drug-likeness (QED) is 0.169. The third-order valence-electron chi connectivity index (χ3n) is 13.0. The van der Waals surface area contributed by atoms with E-state index in [1.54, 1.807) is 0 Å². The second-order valence-electron chi connectivity index (χ2n) is 19.2. The van der Waals surface area contributed by atoms with Crippen LogP contribution in [0, 0.1) is 10.8 Å². The zero-order valence-corrected chi connectivity index (χ0v) is 39.0. The third-order valence-corrected chi connectivity index (χ3v) is 30.5. The molecule has 54 heavy (non-hydrogen) atoms. The molecule has 0 spiro atoms. The molecule has 0 fully saturated rings. The topological polar surface area (TPSA) is 0 Å². The van der Waals surface area contributed by atoms with Gasteiger partial charge in [0.15, 0.2) is 0 Å². The Hall–Kier alpha value is -2.25. The van der Waals surface area contributed by atoms with Crippen molar-refractivity contribution < 1.29 is 18.3 Å². The van der Waals surface area contributed by atoms with Gasteiger partial charge in [-0.3, -0.25) is 0 Å². The maximum atomic E-state index is 6.97. The van der Waals surface area contributed by atoms with Gasteiger partial charge >= 0.3 is 325 Å². The summed E-state index contributed by atoms with van der Waals surface area (Å²) >= 11 is 8.83. The van der Waals surface area contributed by atoms with Crippen molar-refractivity contribution >= 4 is 69.9 Å². The number of allylic oxidation sites excluding steroid dienone is 8. The molecule has 0 atom stereocenters. The minimum absolute atomic E-state index is 0. The molecule has 0 nitrogen and oxygen atoms in total.